The van der Waals surface area contributed by atoms with Crippen LogP contribution in [-0.2, 0) is 25.0 Å². The lowest BCUT2D eigenvalue weighted by Gasteiger charge is -2.21. The number of fused-ring (bicyclic) bond motifs is 2. The van der Waals surface area contributed by atoms with Crippen LogP contribution in [0.4, 0.5) is 5.69 Å². The Hall–Kier alpha value is -3.78. The summed E-state index contributed by atoms with van der Waals surface area (Å²) in [6, 6.07) is 9.95. The third-order valence-electron chi connectivity index (χ3n) is 5.90. The highest BCUT2D eigenvalue weighted by atomic mass is 32.2. The van der Waals surface area contributed by atoms with Crippen LogP contribution in [0.1, 0.15) is 35.7 Å². The molecule has 13 heteroatoms. The van der Waals surface area contributed by atoms with Gasteiger partial charge in [0.1, 0.15) is 0 Å². The molecule has 0 spiro atoms. The van der Waals surface area contributed by atoms with E-state index in [2.05, 4.69) is 0 Å². The van der Waals surface area contributed by atoms with E-state index in [0.29, 0.717) is 0 Å². The quantitative estimate of drug-likeness (QED) is 0.124. The zero-order valence-electron chi connectivity index (χ0n) is 19.8. The van der Waals surface area contributed by atoms with E-state index in [1.165, 1.54) is 31.4 Å². The lowest BCUT2D eigenvalue weighted by Crippen LogP contribution is -2.16. The molecule has 0 radical (unpaired) electrons. The van der Waals surface area contributed by atoms with Crippen LogP contribution in [-0.4, -0.2) is 39.0 Å². The van der Waals surface area contributed by atoms with Gasteiger partial charge in [0, 0.05) is 16.5 Å². The Morgan fingerprint density at radius 3 is 2.19 bits per heavy atom. The number of ether oxygens (including phenoxy) is 1. The molecule has 0 saturated heterocycles. The zero-order chi connectivity index (χ0) is 27.4. The van der Waals surface area contributed by atoms with Crippen molar-refractivity contribution in [2.24, 2.45) is 0 Å². The highest BCUT2D eigenvalue weighted by molar-refractivity contribution is 7.86. The summed E-state index contributed by atoms with van der Waals surface area (Å²) < 4.78 is 79.6. The predicted octanol–water partition coefficient (Wildman–Crippen LogP) is 3.67. The summed E-state index contributed by atoms with van der Waals surface area (Å²) in [7, 11) is -8.88. The molecule has 2 aliphatic rings. The Labute approximate surface area is 211 Å². The van der Waals surface area contributed by atoms with E-state index in [4.69, 9.17) is 20.3 Å². The molecule has 0 aromatic heterocycles. The molecule has 0 bridgehead atoms. The van der Waals surface area contributed by atoms with Crippen LogP contribution in [0.15, 0.2) is 56.7 Å². The van der Waals surface area contributed by atoms with Gasteiger partial charge >= 0.3 is 5.97 Å². The Morgan fingerprint density at radius 1 is 0.973 bits per heavy atom. The van der Waals surface area contributed by atoms with Gasteiger partial charge in [-0.05, 0) is 53.4 Å². The molecule has 1 aliphatic heterocycles. The molecule has 0 saturated carbocycles. The molecule has 0 atom stereocenters. The van der Waals surface area contributed by atoms with Crippen LogP contribution in [0.5, 0.6) is 0 Å². The maximum absolute atomic E-state index is 12.8. The van der Waals surface area contributed by atoms with Gasteiger partial charge in [-0.25, -0.2) is 4.79 Å². The summed E-state index contributed by atoms with van der Waals surface area (Å²) in [5, 5.41) is 7.50. The molecule has 0 fully saturated rings. The van der Waals surface area contributed by atoms with Gasteiger partial charge < -0.3 is 14.9 Å². The molecule has 37 heavy (non-hydrogen) atoms. The summed E-state index contributed by atoms with van der Waals surface area (Å²) in [4.78, 5) is 11.0. The third kappa shape index (κ3) is 4.46. The third-order valence-corrected chi connectivity index (χ3v) is 7.76. The zero-order valence-corrected chi connectivity index (χ0v) is 21.4. The van der Waals surface area contributed by atoms with E-state index < -0.39 is 58.4 Å². The molecule has 2 aromatic carbocycles. The lowest BCUT2D eigenvalue weighted by molar-refractivity contribution is 0.0601. The first-order valence-corrected chi connectivity index (χ1v) is 13.6. The van der Waals surface area contributed by atoms with E-state index in [-0.39, 0.29) is 33.6 Å². The second-order valence-electron chi connectivity index (χ2n) is 8.56. The monoisotopic (exact) mass is 546 g/mol. The van der Waals surface area contributed by atoms with Gasteiger partial charge in [0.05, 0.1) is 23.7 Å². The fraction of sp³-hybridized carbons (Fsp3) is 0.167. The number of anilines is 1. The summed E-state index contributed by atoms with van der Waals surface area (Å²) in [5.41, 5.74) is 6.15. The number of hydrogen-bond acceptors (Lipinski definition) is 9. The number of esters is 1. The summed E-state index contributed by atoms with van der Waals surface area (Å²) in [5.74, 6) is -1.31. The molecule has 0 unspecified atom stereocenters. The number of hydrogen-bond donors (Lipinski definition) is 4. The molecule has 194 valence electrons. The number of nitrogens with two attached hydrogens (primary N) is 1. The predicted molar refractivity (Wildman–Crippen MR) is 134 cm³/mol. The van der Waals surface area contributed by atoms with Crippen molar-refractivity contribution in [2.75, 3.05) is 12.8 Å². The largest absolute Gasteiger partial charge is 0.465 e. The summed E-state index contributed by atoms with van der Waals surface area (Å²) >= 11 is 0. The first-order chi connectivity index (χ1) is 17.2. The van der Waals surface area contributed by atoms with E-state index in [9.17, 15) is 30.7 Å². The number of benzene rings is 3. The van der Waals surface area contributed by atoms with Crippen LogP contribution >= 0.6 is 0 Å². The van der Waals surface area contributed by atoms with Crippen LogP contribution in [0.3, 0.4) is 0 Å². The minimum absolute atomic E-state index is 0.00590. The summed E-state index contributed by atoms with van der Waals surface area (Å²) in [6.45, 7) is 3.82. The number of nitrogen functional groups attached to an aromatic ring is 1. The Morgan fingerprint density at radius 2 is 1.62 bits per heavy atom. The Balaban J connectivity index is 2.39. The van der Waals surface area contributed by atoms with E-state index in [0.717, 1.165) is 11.6 Å². The fourth-order valence-corrected chi connectivity index (χ4v) is 5.70. The number of carbonyl (C=O) groups is 1. The number of methoxy groups -OCH3 is 1. The van der Waals surface area contributed by atoms with Gasteiger partial charge in [-0.3, -0.25) is 14.5 Å². The highest BCUT2D eigenvalue weighted by Crippen LogP contribution is 2.46. The minimum Gasteiger partial charge on any atom is -0.465 e. The second-order valence-corrected chi connectivity index (χ2v) is 11.3. The van der Waals surface area contributed by atoms with Crippen molar-refractivity contribution in [1.82, 2.24) is 0 Å². The van der Waals surface area contributed by atoms with Crippen molar-refractivity contribution in [1.29, 1.82) is 5.41 Å². The van der Waals surface area contributed by atoms with Crippen LogP contribution < -0.4 is 11.1 Å². The topological polar surface area (TPSA) is 198 Å². The maximum atomic E-state index is 12.8. The van der Waals surface area contributed by atoms with Crippen LogP contribution in [0, 0.1) is 5.41 Å². The molecule has 2 aromatic rings. The van der Waals surface area contributed by atoms with Gasteiger partial charge in [-0.2, -0.15) is 16.8 Å². The molecule has 5 N–H and O–H groups in total. The Bertz CT molecular complexity index is 1840. The van der Waals surface area contributed by atoms with Crippen LogP contribution in [0.25, 0.3) is 33.4 Å². The van der Waals surface area contributed by atoms with Gasteiger partial charge in [-0.1, -0.05) is 19.9 Å². The maximum Gasteiger partial charge on any atom is 0.338 e. The van der Waals surface area contributed by atoms with Gasteiger partial charge in [0.15, 0.2) is 21.1 Å². The van der Waals surface area contributed by atoms with Crippen molar-refractivity contribution in [3.8, 4) is 22.5 Å². The SMILES string of the molecule is COC(=O)c1ccc(C(C)C)cc1-c1c2ccc(=N)c(S(=O)(=O)O)c-2oc2c(S(=O)(=O)O)c(N)ccc12. The highest BCUT2D eigenvalue weighted by Gasteiger charge is 2.32. The number of nitrogens with one attached hydrogen (secondary N) is 1. The minimum atomic E-state index is -5.05. The van der Waals surface area contributed by atoms with Crippen LogP contribution in [0.2, 0.25) is 0 Å². The molecule has 4 rings (SSSR count). The van der Waals surface area contributed by atoms with Gasteiger partial charge in [0.2, 0.25) is 0 Å². The first kappa shape index (κ1) is 26.3. The van der Waals surface area contributed by atoms with Crippen molar-refractivity contribution in [3.63, 3.8) is 0 Å². The molecule has 1 aliphatic carbocycles. The van der Waals surface area contributed by atoms with E-state index in [1.807, 2.05) is 13.8 Å². The Kier molecular flexibility index (Phi) is 6.36. The van der Waals surface area contributed by atoms with E-state index in [1.54, 1.807) is 12.1 Å². The average Bonchev–Trinajstić information content (AvgIpc) is 2.79. The first-order valence-electron chi connectivity index (χ1n) is 10.7. The van der Waals surface area contributed by atoms with Crippen molar-refractivity contribution >= 4 is 42.9 Å². The smallest absolute Gasteiger partial charge is 0.338 e. The normalized spacial score (nSPS) is 12.4. The van der Waals surface area contributed by atoms with E-state index >= 15 is 0 Å². The molecular formula is C24H22N2O9S2. The van der Waals surface area contributed by atoms with Crippen molar-refractivity contribution < 1.29 is 39.9 Å². The standard InChI is InChI=1S/C24H22N2O9S2/c1-11(2)12-4-5-13(24(27)34-3)16(10-12)19-14-6-8-17(25)22(36(28,29)30)20(14)35-21-15(19)7-9-18(26)23(21)37(31,32)33/h4-11,25H,26H2,1-3H3,(H,28,29,30)(H,31,32,33). The molecule has 1 heterocycles. The number of rotatable bonds is 5. The molecular weight excluding hydrogens is 524 g/mol. The summed E-state index contributed by atoms with van der Waals surface area (Å²) in [6.07, 6.45) is 0. The lowest BCUT2D eigenvalue weighted by atomic mass is 9.88. The van der Waals surface area contributed by atoms with Gasteiger partial charge in [-0.15, -0.1) is 0 Å². The second kappa shape index (κ2) is 8.95. The molecule has 11 nitrogen and oxygen atoms in total. The fourth-order valence-electron chi connectivity index (χ4n) is 4.21. The van der Waals surface area contributed by atoms with Crippen molar-refractivity contribution in [3.05, 3.63) is 58.9 Å². The van der Waals surface area contributed by atoms with Crippen molar-refractivity contribution in [2.45, 2.75) is 29.6 Å². The number of carbonyl (C=O) groups excluding carboxylic acids is 1. The molecule has 0 amide bonds. The van der Waals surface area contributed by atoms with Gasteiger partial charge in [0.25, 0.3) is 20.2 Å². The average molecular weight is 547 g/mol.